The summed E-state index contributed by atoms with van der Waals surface area (Å²) in [4.78, 5) is 13.0. The molecule has 0 spiro atoms. The molecule has 1 fully saturated rings. The van der Waals surface area contributed by atoms with Crippen LogP contribution in [0.25, 0.3) is 0 Å². The molecule has 1 unspecified atom stereocenters. The summed E-state index contributed by atoms with van der Waals surface area (Å²) in [7, 11) is 0. The molecule has 1 heterocycles. The van der Waals surface area contributed by atoms with Crippen molar-refractivity contribution in [1.29, 1.82) is 0 Å². The predicted octanol–water partition coefficient (Wildman–Crippen LogP) is 0.183. The minimum absolute atomic E-state index is 0.211. The Bertz CT molecular complexity index is 196. The fourth-order valence-electron chi connectivity index (χ4n) is 2.16. The molecule has 1 atom stereocenters. The van der Waals surface area contributed by atoms with Crippen molar-refractivity contribution < 1.29 is 4.79 Å². The van der Waals surface area contributed by atoms with Crippen LogP contribution >= 0.6 is 0 Å². The van der Waals surface area contributed by atoms with Gasteiger partial charge in [-0.25, -0.2) is 0 Å². The van der Waals surface area contributed by atoms with E-state index in [0.717, 1.165) is 26.2 Å². The average molecular weight is 213 g/mol. The first kappa shape index (κ1) is 12.5. The van der Waals surface area contributed by atoms with Crippen molar-refractivity contribution in [2.24, 2.45) is 11.7 Å². The van der Waals surface area contributed by atoms with Crippen LogP contribution < -0.4 is 11.1 Å². The Balaban J connectivity index is 2.19. The van der Waals surface area contributed by atoms with Crippen LogP contribution in [-0.2, 0) is 4.79 Å². The Morgan fingerprint density at radius 1 is 1.60 bits per heavy atom. The lowest BCUT2D eigenvalue weighted by Gasteiger charge is -2.31. The smallest absolute Gasteiger partial charge is 0.231 e. The monoisotopic (exact) mass is 213 g/mol. The summed E-state index contributed by atoms with van der Waals surface area (Å²) < 4.78 is 0. The van der Waals surface area contributed by atoms with Crippen molar-refractivity contribution in [2.45, 2.75) is 26.2 Å². The van der Waals surface area contributed by atoms with Gasteiger partial charge in [0, 0.05) is 6.54 Å². The second-order valence-corrected chi connectivity index (χ2v) is 4.41. The molecule has 4 nitrogen and oxygen atoms in total. The number of rotatable bonds is 6. The van der Waals surface area contributed by atoms with Crippen LogP contribution in [0.5, 0.6) is 0 Å². The molecule has 0 radical (unpaired) electrons. The lowest BCUT2D eigenvalue weighted by Crippen LogP contribution is -2.43. The van der Waals surface area contributed by atoms with E-state index in [1.54, 1.807) is 0 Å². The average Bonchev–Trinajstić information content (AvgIpc) is 2.18. The van der Waals surface area contributed by atoms with Gasteiger partial charge in [-0.15, -0.1) is 0 Å². The van der Waals surface area contributed by atoms with Crippen molar-refractivity contribution in [2.75, 3.05) is 32.7 Å². The summed E-state index contributed by atoms with van der Waals surface area (Å²) in [6.07, 6.45) is 3.63. The van der Waals surface area contributed by atoms with Crippen molar-refractivity contribution in [3.8, 4) is 0 Å². The molecular weight excluding hydrogens is 190 g/mol. The molecule has 1 aliphatic heterocycles. The number of carbonyl (C=O) groups excluding carboxylic acids is 1. The summed E-state index contributed by atoms with van der Waals surface area (Å²) in [5.41, 5.74) is 5.19. The van der Waals surface area contributed by atoms with Crippen LogP contribution in [0.3, 0.4) is 0 Å². The number of nitrogens with zero attached hydrogens (tertiary/aromatic N) is 1. The normalized spacial score (nSPS) is 22.9. The van der Waals surface area contributed by atoms with Crippen LogP contribution in [0.4, 0.5) is 0 Å². The zero-order valence-corrected chi connectivity index (χ0v) is 9.67. The standard InChI is InChI=1S/C11H23N3O/c1-2-5-13-7-10-4-3-6-14(8-10)9-11(12)15/h10,13H,2-9H2,1H3,(H2,12,15). The van der Waals surface area contributed by atoms with Crippen LogP contribution in [0.1, 0.15) is 26.2 Å². The van der Waals surface area contributed by atoms with Crippen molar-refractivity contribution in [1.82, 2.24) is 10.2 Å². The first-order chi connectivity index (χ1) is 7.22. The summed E-state index contributed by atoms with van der Waals surface area (Å²) in [6.45, 7) is 6.79. The second-order valence-electron chi connectivity index (χ2n) is 4.41. The number of hydrogen-bond donors (Lipinski definition) is 2. The third-order valence-electron chi connectivity index (χ3n) is 2.84. The maximum Gasteiger partial charge on any atom is 0.231 e. The van der Waals surface area contributed by atoms with Gasteiger partial charge in [0.25, 0.3) is 0 Å². The Labute approximate surface area is 92.2 Å². The highest BCUT2D eigenvalue weighted by Gasteiger charge is 2.20. The van der Waals surface area contributed by atoms with E-state index in [2.05, 4.69) is 17.1 Å². The van der Waals surface area contributed by atoms with Gasteiger partial charge in [0.2, 0.25) is 5.91 Å². The summed E-state index contributed by atoms with van der Waals surface area (Å²) in [5, 5.41) is 3.44. The maximum absolute atomic E-state index is 10.8. The van der Waals surface area contributed by atoms with Gasteiger partial charge in [-0.2, -0.15) is 0 Å². The molecular formula is C11H23N3O. The molecule has 15 heavy (non-hydrogen) atoms. The number of nitrogens with two attached hydrogens (primary N) is 1. The van der Waals surface area contributed by atoms with Crippen LogP contribution in [0.2, 0.25) is 0 Å². The highest BCUT2D eigenvalue weighted by molar-refractivity contribution is 5.75. The van der Waals surface area contributed by atoms with E-state index in [0.29, 0.717) is 12.5 Å². The SMILES string of the molecule is CCCNCC1CCCN(CC(N)=O)C1. The first-order valence-electron chi connectivity index (χ1n) is 5.93. The highest BCUT2D eigenvalue weighted by Crippen LogP contribution is 2.15. The lowest BCUT2D eigenvalue weighted by molar-refractivity contribution is -0.119. The summed E-state index contributed by atoms with van der Waals surface area (Å²) in [6, 6.07) is 0. The Morgan fingerprint density at radius 3 is 3.07 bits per heavy atom. The predicted molar refractivity (Wildman–Crippen MR) is 61.5 cm³/mol. The van der Waals surface area contributed by atoms with E-state index >= 15 is 0 Å². The molecule has 1 saturated heterocycles. The van der Waals surface area contributed by atoms with Crippen LogP contribution in [-0.4, -0.2) is 43.5 Å². The first-order valence-corrected chi connectivity index (χ1v) is 5.93. The molecule has 1 rings (SSSR count). The van der Waals surface area contributed by atoms with E-state index in [4.69, 9.17) is 5.73 Å². The van der Waals surface area contributed by atoms with Crippen LogP contribution in [0, 0.1) is 5.92 Å². The molecule has 4 heteroatoms. The molecule has 0 bridgehead atoms. The summed E-state index contributed by atoms with van der Waals surface area (Å²) in [5.74, 6) is 0.474. The molecule has 0 saturated carbocycles. The van der Waals surface area contributed by atoms with Gasteiger partial charge < -0.3 is 11.1 Å². The number of primary amides is 1. The van der Waals surface area contributed by atoms with E-state index in [9.17, 15) is 4.79 Å². The van der Waals surface area contributed by atoms with Gasteiger partial charge in [0.05, 0.1) is 6.54 Å². The number of nitrogens with one attached hydrogen (secondary N) is 1. The molecule has 1 amide bonds. The topological polar surface area (TPSA) is 58.4 Å². The lowest BCUT2D eigenvalue weighted by atomic mass is 9.98. The van der Waals surface area contributed by atoms with E-state index < -0.39 is 0 Å². The van der Waals surface area contributed by atoms with Gasteiger partial charge in [-0.1, -0.05) is 6.92 Å². The molecule has 3 N–H and O–H groups in total. The molecule has 0 aromatic carbocycles. The third kappa shape index (κ3) is 5.14. The van der Waals surface area contributed by atoms with E-state index in [1.807, 2.05) is 0 Å². The fraction of sp³-hybridized carbons (Fsp3) is 0.909. The minimum Gasteiger partial charge on any atom is -0.369 e. The molecule has 0 aliphatic carbocycles. The Kier molecular flexibility index (Phi) is 5.65. The molecule has 0 aromatic rings. The number of piperidine rings is 1. The molecule has 1 aliphatic rings. The second kappa shape index (κ2) is 6.80. The Hall–Kier alpha value is -0.610. The summed E-state index contributed by atoms with van der Waals surface area (Å²) >= 11 is 0. The van der Waals surface area contributed by atoms with Crippen LogP contribution in [0.15, 0.2) is 0 Å². The highest BCUT2D eigenvalue weighted by atomic mass is 16.1. The fourth-order valence-corrected chi connectivity index (χ4v) is 2.16. The van der Waals surface area contributed by atoms with E-state index in [1.165, 1.54) is 19.3 Å². The van der Waals surface area contributed by atoms with Gasteiger partial charge >= 0.3 is 0 Å². The zero-order chi connectivity index (χ0) is 11.1. The van der Waals surface area contributed by atoms with E-state index in [-0.39, 0.29) is 5.91 Å². The van der Waals surface area contributed by atoms with Crippen molar-refractivity contribution >= 4 is 5.91 Å². The number of carbonyl (C=O) groups is 1. The van der Waals surface area contributed by atoms with Gasteiger partial charge in [-0.3, -0.25) is 9.69 Å². The van der Waals surface area contributed by atoms with Gasteiger partial charge in [0.15, 0.2) is 0 Å². The van der Waals surface area contributed by atoms with Crippen molar-refractivity contribution in [3.63, 3.8) is 0 Å². The number of amides is 1. The third-order valence-corrected chi connectivity index (χ3v) is 2.84. The molecule has 0 aromatic heterocycles. The minimum atomic E-state index is -0.211. The van der Waals surface area contributed by atoms with Gasteiger partial charge in [0.1, 0.15) is 0 Å². The maximum atomic E-state index is 10.8. The van der Waals surface area contributed by atoms with Crippen molar-refractivity contribution in [3.05, 3.63) is 0 Å². The largest absolute Gasteiger partial charge is 0.369 e. The quantitative estimate of drug-likeness (QED) is 0.619. The van der Waals surface area contributed by atoms with Gasteiger partial charge in [-0.05, 0) is 44.8 Å². The molecule has 88 valence electrons. The number of hydrogen-bond acceptors (Lipinski definition) is 3. The zero-order valence-electron chi connectivity index (χ0n) is 9.67. The Morgan fingerprint density at radius 2 is 2.40 bits per heavy atom. The number of likely N-dealkylation sites (tertiary alicyclic amines) is 1.